The first kappa shape index (κ1) is 16.7. The molecule has 1 aromatic heterocycles. The second kappa shape index (κ2) is 7.14. The number of carbonyl (C=O) groups is 1. The quantitative estimate of drug-likeness (QED) is 0.945. The summed E-state index contributed by atoms with van der Waals surface area (Å²) in [6, 6.07) is 8.41. The first-order chi connectivity index (χ1) is 11.6. The third-order valence-electron chi connectivity index (χ3n) is 4.82. The van der Waals surface area contributed by atoms with Gasteiger partial charge in [0.2, 0.25) is 5.91 Å². The van der Waals surface area contributed by atoms with E-state index in [1.807, 2.05) is 17.0 Å². The van der Waals surface area contributed by atoms with Crippen LogP contribution in [0.4, 0.5) is 0 Å². The molecular weight excluding hydrogens is 298 g/mol. The maximum absolute atomic E-state index is 13.0. The molecule has 1 N–H and O–H groups in total. The lowest BCUT2D eigenvalue weighted by Gasteiger charge is -2.37. The van der Waals surface area contributed by atoms with E-state index in [-0.39, 0.29) is 11.9 Å². The van der Waals surface area contributed by atoms with Gasteiger partial charge >= 0.3 is 0 Å². The summed E-state index contributed by atoms with van der Waals surface area (Å²) in [5, 5.41) is 3.40. The average molecular weight is 323 g/mol. The number of aryl methyl sites for hydroxylation is 3. The van der Waals surface area contributed by atoms with Crippen LogP contribution >= 0.6 is 0 Å². The molecule has 1 aliphatic heterocycles. The van der Waals surface area contributed by atoms with E-state index >= 15 is 0 Å². The highest BCUT2D eigenvalue weighted by molar-refractivity contribution is 5.80. The van der Waals surface area contributed by atoms with Gasteiger partial charge in [-0.1, -0.05) is 17.7 Å². The molecule has 3 rings (SSSR count). The Morgan fingerprint density at radius 1 is 1.21 bits per heavy atom. The zero-order valence-corrected chi connectivity index (χ0v) is 14.7. The number of benzene rings is 1. The second-order valence-electron chi connectivity index (χ2n) is 6.64. The molecule has 1 saturated heterocycles. The topological polar surface area (TPSA) is 45.2 Å². The summed E-state index contributed by atoms with van der Waals surface area (Å²) in [7, 11) is 0. The zero-order valence-electron chi connectivity index (χ0n) is 14.7. The number of hydrogen-bond donors (Lipinski definition) is 1. The van der Waals surface area contributed by atoms with Gasteiger partial charge in [-0.2, -0.15) is 0 Å². The molecule has 4 heteroatoms. The summed E-state index contributed by atoms with van der Waals surface area (Å²) in [4.78, 5) is 19.1. The number of rotatable bonds is 3. The number of nitrogens with one attached hydrogen (secondary N) is 1. The number of carbonyl (C=O) groups excluding carboxylic acids is 1. The van der Waals surface area contributed by atoms with Crippen molar-refractivity contribution >= 4 is 5.91 Å². The predicted octanol–water partition coefficient (Wildman–Crippen LogP) is 2.72. The standard InChI is InChI=1S/C20H25N3O/c1-14-10-15(2)18(16(3)11-14)12-20(24)23-9-8-22-13-19(23)17-4-6-21-7-5-17/h4-7,10-11,19,22H,8-9,12-13H2,1-3H3. The molecule has 1 atom stereocenters. The number of nitrogens with zero attached hydrogens (tertiary/aromatic N) is 2. The lowest BCUT2D eigenvalue weighted by molar-refractivity contribution is -0.133. The molecule has 24 heavy (non-hydrogen) atoms. The number of hydrogen-bond acceptors (Lipinski definition) is 3. The van der Waals surface area contributed by atoms with Crippen molar-refractivity contribution in [3.05, 3.63) is 64.5 Å². The van der Waals surface area contributed by atoms with Crippen LogP contribution in [0.3, 0.4) is 0 Å². The van der Waals surface area contributed by atoms with Gasteiger partial charge in [0.25, 0.3) is 0 Å². The van der Waals surface area contributed by atoms with E-state index < -0.39 is 0 Å². The first-order valence-corrected chi connectivity index (χ1v) is 8.53. The fourth-order valence-electron chi connectivity index (χ4n) is 3.63. The smallest absolute Gasteiger partial charge is 0.227 e. The third-order valence-corrected chi connectivity index (χ3v) is 4.82. The van der Waals surface area contributed by atoms with Crippen molar-refractivity contribution in [3.63, 3.8) is 0 Å². The Morgan fingerprint density at radius 3 is 2.54 bits per heavy atom. The Morgan fingerprint density at radius 2 is 1.88 bits per heavy atom. The highest BCUT2D eigenvalue weighted by Gasteiger charge is 2.28. The molecule has 0 aliphatic carbocycles. The first-order valence-electron chi connectivity index (χ1n) is 8.53. The number of pyridine rings is 1. The van der Waals surface area contributed by atoms with Crippen molar-refractivity contribution in [2.75, 3.05) is 19.6 Å². The molecule has 1 unspecified atom stereocenters. The van der Waals surface area contributed by atoms with Gasteiger partial charge in [-0.15, -0.1) is 0 Å². The fourth-order valence-corrected chi connectivity index (χ4v) is 3.63. The molecule has 126 valence electrons. The summed E-state index contributed by atoms with van der Waals surface area (Å²) in [5.74, 6) is 0.202. The van der Waals surface area contributed by atoms with Crippen molar-refractivity contribution in [1.82, 2.24) is 15.2 Å². The molecular formula is C20H25N3O. The summed E-state index contributed by atoms with van der Waals surface area (Å²) in [6.45, 7) is 8.68. The Bertz CT molecular complexity index is 704. The maximum atomic E-state index is 13.0. The van der Waals surface area contributed by atoms with Crippen molar-refractivity contribution < 1.29 is 4.79 Å². The summed E-state index contributed by atoms with van der Waals surface area (Å²) >= 11 is 0. The zero-order chi connectivity index (χ0) is 17.1. The second-order valence-corrected chi connectivity index (χ2v) is 6.64. The van der Waals surface area contributed by atoms with Crippen LogP contribution < -0.4 is 5.32 Å². The van der Waals surface area contributed by atoms with E-state index in [1.54, 1.807) is 12.4 Å². The van der Waals surface area contributed by atoms with Gasteiger partial charge in [0, 0.05) is 32.0 Å². The van der Waals surface area contributed by atoms with Crippen LogP contribution in [-0.2, 0) is 11.2 Å². The predicted molar refractivity (Wildman–Crippen MR) is 95.9 cm³/mol. The molecule has 0 spiro atoms. The van der Waals surface area contributed by atoms with Crippen molar-refractivity contribution in [2.24, 2.45) is 0 Å². The molecule has 2 aromatic rings. The van der Waals surface area contributed by atoms with Gasteiger partial charge in [0.1, 0.15) is 0 Å². The molecule has 1 amide bonds. The van der Waals surface area contributed by atoms with Gasteiger partial charge in [-0.05, 0) is 55.2 Å². The minimum absolute atomic E-state index is 0.0836. The van der Waals surface area contributed by atoms with E-state index in [4.69, 9.17) is 0 Å². The van der Waals surface area contributed by atoms with Gasteiger partial charge in [0.05, 0.1) is 12.5 Å². The summed E-state index contributed by atoms with van der Waals surface area (Å²) < 4.78 is 0. The molecule has 0 saturated carbocycles. The van der Waals surface area contributed by atoms with Gasteiger partial charge < -0.3 is 10.2 Å². The SMILES string of the molecule is Cc1cc(C)c(CC(=O)N2CCNCC2c2ccncc2)c(C)c1. The van der Waals surface area contributed by atoms with Crippen LogP contribution in [0.25, 0.3) is 0 Å². The Balaban J connectivity index is 1.83. The van der Waals surface area contributed by atoms with Crippen LogP contribution in [0.5, 0.6) is 0 Å². The molecule has 1 aliphatic rings. The third kappa shape index (κ3) is 3.49. The lowest BCUT2D eigenvalue weighted by atomic mass is 9.96. The number of aromatic nitrogens is 1. The normalized spacial score (nSPS) is 17.8. The Hall–Kier alpha value is -2.20. The molecule has 2 heterocycles. The highest BCUT2D eigenvalue weighted by atomic mass is 16.2. The minimum Gasteiger partial charge on any atom is -0.333 e. The monoisotopic (exact) mass is 323 g/mol. The van der Waals surface area contributed by atoms with E-state index in [0.717, 1.165) is 30.8 Å². The number of amides is 1. The molecule has 4 nitrogen and oxygen atoms in total. The summed E-state index contributed by atoms with van der Waals surface area (Å²) in [6.07, 6.45) is 4.06. The van der Waals surface area contributed by atoms with E-state index in [2.05, 4.69) is 43.2 Å². The molecule has 1 aromatic carbocycles. The Labute approximate surface area is 143 Å². The van der Waals surface area contributed by atoms with Crippen LogP contribution in [0.1, 0.15) is 33.9 Å². The van der Waals surface area contributed by atoms with Crippen molar-refractivity contribution in [3.8, 4) is 0 Å². The van der Waals surface area contributed by atoms with E-state index in [9.17, 15) is 4.79 Å². The van der Waals surface area contributed by atoms with Crippen LogP contribution in [-0.4, -0.2) is 35.4 Å². The van der Waals surface area contributed by atoms with Crippen molar-refractivity contribution in [1.29, 1.82) is 0 Å². The summed E-state index contributed by atoms with van der Waals surface area (Å²) in [5.41, 5.74) is 5.96. The molecule has 0 radical (unpaired) electrons. The van der Waals surface area contributed by atoms with Crippen LogP contribution in [0.2, 0.25) is 0 Å². The molecule has 1 fully saturated rings. The van der Waals surface area contributed by atoms with E-state index in [0.29, 0.717) is 6.42 Å². The molecule has 0 bridgehead atoms. The minimum atomic E-state index is 0.0836. The van der Waals surface area contributed by atoms with Crippen molar-refractivity contribution in [2.45, 2.75) is 33.2 Å². The van der Waals surface area contributed by atoms with Gasteiger partial charge in [-0.3, -0.25) is 9.78 Å². The van der Waals surface area contributed by atoms with Gasteiger partial charge in [-0.25, -0.2) is 0 Å². The Kier molecular flexibility index (Phi) is 4.95. The largest absolute Gasteiger partial charge is 0.333 e. The fraction of sp³-hybridized carbons (Fsp3) is 0.400. The average Bonchev–Trinajstić information content (AvgIpc) is 2.58. The number of piperazine rings is 1. The maximum Gasteiger partial charge on any atom is 0.227 e. The lowest BCUT2D eigenvalue weighted by Crippen LogP contribution is -2.49. The van der Waals surface area contributed by atoms with Crippen LogP contribution in [0.15, 0.2) is 36.7 Å². The van der Waals surface area contributed by atoms with Gasteiger partial charge in [0.15, 0.2) is 0 Å². The highest BCUT2D eigenvalue weighted by Crippen LogP contribution is 2.24. The van der Waals surface area contributed by atoms with E-state index in [1.165, 1.54) is 16.7 Å². The van der Waals surface area contributed by atoms with Crippen LogP contribution in [0, 0.1) is 20.8 Å².